The first-order valence-corrected chi connectivity index (χ1v) is 3.33. The Labute approximate surface area is 66.5 Å². The van der Waals surface area contributed by atoms with Gasteiger partial charge in [-0.25, -0.2) is 0 Å². The molecule has 0 amide bonds. The molecule has 0 aromatic heterocycles. The van der Waals surface area contributed by atoms with Gasteiger partial charge in [-0.15, -0.1) is 0 Å². The van der Waals surface area contributed by atoms with Gasteiger partial charge in [-0.3, -0.25) is 0 Å². The topological polar surface area (TPSA) is 9.23 Å². The molecule has 12 heavy (non-hydrogen) atoms. The molecule has 0 aliphatic carbocycles. The van der Waals surface area contributed by atoms with Gasteiger partial charge < -0.3 is 4.74 Å². The first-order chi connectivity index (χ1) is 5.31. The minimum Gasteiger partial charge on any atom is -0.382 e. The highest BCUT2D eigenvalue weighted by Crippen LogP contribution is 2.37. The number of hydrogen-bond acceptors (Lipinski definition) is 1. The average Bonchev–Trinajstić information content (AvgIpc) is 1.85. The lowest BCUT2D eigenvalue weighted by atomic mass is 10.2. The van der Waals surface area contributed by atoms with Crippen molar-refractivity contribution in [2.75, 3.05) is 13.2 Å². The summed E-state index contributed by atoms with van der Waals surface area (Å²) in [6.07, 6.45) is -6.78. The molecule has 0 spiro atoms. The summed E-state index contributed by atoms with van der Waals surface area (Å²) in [4.78, 5) is 0. The van der Waals surface area contributed by atoms with Crippen LogP contribution in [0.25, 0.3) is 0 Å². The van der Waals surface area contributed by atoms with Crippen LogP contribution in [0.5, 0.6) is 0 Å². The van der Waals surface area contributed by atoms with Crippen molar-refractivity contribution in [3.63, 3.8) is 0 Å². The van der Waals surface area contributed by atoms with Crippen LogP contribution in [-0.4, -0.2) is 25.3 Å². The molecule has 0 atom stereocenters. The number of rotatable bonds is 4. The Morgan fingerprint density at radius 2 is 1.58 bits per heavy atom. The molecule has 0 heterocycles. The predicted molar refractivity (Wildman–Crippen MR) is 32.1 cm³/mol. The van der Waals surface area contributed by atoms with Gasteiger partial charge in [0.1, 0.15) is 0 Å². The van der Waals surface area contributed by atoms with E-state index in [1.807, 2.05) is 0 Å². The van der Waals surface area contributed by atoms with Gasteiger partial charge in [0.15, 0.2) is 0 Å². The Hall–Kier alpha value is -0.390. The molecule has 0 bridgehead atoms. The molecule has 1 nitrogen and oxygen atoms in total. The van der Waals surface area contributed by atoms with Crippen molar-refractivity contribution in [2.24, 2.45) is 0 Å². The van der Waals surface area contributed by atoms with Crippen molar-refractivity contribution in [3.8, 4) is 0 Å². The third-order valence-corrected chi connectivity index (χ3v) is 1.18. The zero-order valence-corrected chi connectivity index (χ0v) is 6.42. The zero-order valence-electron chi connectivity index (χ0n) is 6.42. The van der Waals surface area contributed by atoms with Gasteiger partial charge in [-0.05, 0) is 6.92 Å². The summed E-state index contributed by atoms with van der Waals surface area (Å²) in [6.45, 7) is 1.07. The SMILES string of the molecule is CCOCCC(F)(F)C(F)(F)F. The van der Waals surface area contributed by atoms with Gasteiger partial charge >= 0.3 is 12.1 Å². The Kier molecular flexibility index (Phi) is 3.89. The van der Waals surface area contributed by atoms with E-state index in [-0.39, 0.29) is 6.61 Å². The van der Waals surface area contributed by atoms with Gasteiger partial charge in [-0.2, -0.15) is 22.0 Å². The fraction of sp³-hybridized carbons (Fsp3) is 1.00. The Bertz CT molecular complexity index is 130. The van der Waals surface area contributed by atoms with Crippen molar-refractivity contribution < 1.29 is 26.7 Å². The number of hydrogen-bond donors (Lipinski definition) is 0. The highest BCUT2D eigenvalue weighted by atomic mass is 19.4. The minimum absolute atomic E-state index is 0.133. The smallest absolute Gasteiger partial charge is 0.382 e. The molecule has 6 heteroatoms. The van der Waals surface area contributed by atoms with Gasteiger partial charge in [0, 0.05) is 13.0 Å². The molecule has 0 saturated heterocycles. The molecule has 0 fully saturated rings. The molecule has 0 unspecified atom stereocenters. The molecule has 0 N–H and O–H groups in total. The fourth-order valence-electron chi connectivity index (χ4n) is 0.486. The summed E-state index contributed by atoms with van der Waals surface area (Å²) in [5.74, 6) is -4.64. The van der Waals surface area contributed by atoms with Crippen LogP contribution >= 0.6 is 0 Å². The number of halogens is 5. The van der Waals surface area contributed by atoms with E-state index in [0.717, 1.165) is 0 Å². The first kappa shape index (κ1) is 11.6. The zero-order chi connectivity index (χ0) is 9.83. The molecule has 0 aliphatic heterocycles. The van der Waals surface area contributed by atoms with E-state index in [2.05, 4.69) is 4.74 Å². The quantitative estimate of drug-likeness (QED) is 0.491. The monoisotopic (exact) mass is 192 g/mol. The van der Waals surface area contributed by atoms with Gasteiger partial charge in [0.25, 0.3) is 0 Å². The van der Waals surface area contributed by atoms with E-state index < -0.39 is 25.1 Å². The van der Waals surface area contributed by atoms with E-state index in [0.29, 0.717) is 0 Å². The average molecular weight is 192 g/mol. The largest absolute Gasteiger partial charge is 0.453 e. The van der Waals surface area contributed by atoms with Crippen molar-refractivity contribution in [3.05, 3.63) is 0 Å². The fourth-order valence-corrected chi connectivity index (χ4v) is 0.486. The van der Waals surface area contributed by atoms with Crippen molar-refractivity contribution in [1.82, 2.24) is 0 Å². The number of alkyl halides is 5. The molecule has 0 radical (unpaired) electrons. The summed E-state index contributed by atoms with van der Waals surface area (Å²) < 4.78 is 62.8. The van der Waals surface area contributed by atoms with Crippen LogP contribution in [0.3, 0.4) is 0 Å². The highest BCUT2D eigenvalue weighted by Gasteiger charge is 2.56. The summed E-state index contributed by atoms with van der Waals surface area (Å²) in [7, 11) is 0. The third kappa shape index (κ3) is 3.34. The van der Waals surface area contributed by atoms with Crippen LogP contribution in [-0.2, 0) is 4.74 Å². The predicted octanol–water partition coefficient (Wildman–Crippen LogP) is 2.61. The summed E-state index contributed by atoms with van der Waals surface area (Å²) in [5, 5.41) is 0. The molecule has 0 saturated carbocycles. The van der Waals surface area contributed by atoms with E-state index in [4.69, 9.17) is 0 Å². The maximum absolute atomic E-state index is 12.0. The van der Waals surface area contributed by atoms with E-state index in [1.165, 1.54) is 6.92 Å². The van der Waals surface area contributed by atoms with Crippen molar-refractivity contribution >= 4 is 0 Å². The van der Waals surface area contributed by atoms with Crippen LogP contribution in [0, 0.1) is 0 Å². The van der Waals surface area contributed by atoms with E-state index in [1.54, 1.807) is 0 Å². The second-order valence-corrected chi connectivity index (χ2v) is 2.15. The lowest BCUT2D eigenvalue weighted by molar-refractivity contribution is -0.286. The molecule has 0 aliphatic rings. The maximum atomic E-state index is 12.0. The van der Waals surface area contributed by atoms with E-state index >= 15 is 0 Å². The highest BCUT2D eigenvalue weighted by molar-refractivity contribution is 4.74. The first-order valence-electron chi connectivity index (χ1n) is 3.33. The van der Waals surface area contributed by atoms with Gasteiger partial charge in [0.2, 0.25) is 0 Å². The standard InChI is InChI=1S/C6H9F5O/c1-2-12-4-3-5(7,8)6(9,10)11/h2-4H2,1H3. The van der Waals surface area contributed by atoms with Crippen LogP contribution < -0.4 is 0 Å². The summed E-state index contributed by atoms with van der Waals surface area (Å²) in [6, 6.07) is 0. The number of ether oxygens (including phenoxy) is 1. The van der Waals surface area contributed by atoms with Crippen LogP contribution in [0.2, 0.25) is 0 Å². The van der Waals surface area contributed by atoms with Crippen LogP contribution in [0.4, 0.5) is 22.0 Å². The molecule has 0 aromatic carbocycles. The maximum Gasteiger partial charge on any atom is 0.453 e. The molecular weight excluding hydrogens is 183 g/mol. The minimum atomic E-state index is -5.47. The molecular formula is C6H9F5O. The van der Waals surface area contributed by atoms with E-state index in [9.17, 15) is 22.0 Å². The Balaban J connectivity index is 3.88. The second-order valence-electron chi connectivity index (χ2n) is 2.15. The summed E-state index contributed by atoms with van der Waals surface area (Å²) in [5.41, 5.74) is 0. The van der Waals surface area contributed by atoms with Gasteiger partial charge in [0.05, 0.1) is 6.61 Å². The molecule has 0 aromatic rings. The lowest BCUT2D eigenvalue weighted by Crippen LogP contribution is -2.37. The van der Waals surface area contributed by atoms with Crippen LogP contribution in [0.15, 0.2) is 0 Å². The molecule has 74 valence electrons. The summed E-state index contributed by atoms with van der Waals surface area (Å²) >= 11 is 0. The van der Waals surface area contributed by atoms with Crippen molar-refractivity contribution in [1.29, 1.82) is 0 Å². The molecule has 0 rings (SSSR count). The second kappa shape index (κ2) is 4.02. The third-order valence-electron chi connectivity index (χ3n) is 1.18. The van der Waals surface area contributed by atoms with Crippen molar-refractivity contribution in [2.45, 2.75) is 25.4 Å². The normalized spacial score (nSPS) is 13.5. The van der Waals surface area contributed by atoms with Crippen LogP contribution in [0.1, 0.15) is 13.3 Å². The Morgan fingerprint density at radius 1 is 1.08 bits per heavy atom. The Morgan fingerprint density at radius 3 is 1.92 bits per heavy atom. The van der Waals surface area contributed by atoms with Gasteiger partial charge in [-0.1, -0.05) is 0 Å². The lowest BCUT2D eigenvalue weighted by Gasteiger charge is -2.18.